The van der Waals surface area contributed by atoms with Gasteiger partial charge in [-0.1, -0.05) is 19.3 Å². The Morgan fingerprint density at radius 1 is 1.00 bits per heavy atom. The van der Waals surface area contributed by atoms with Gasteiger partial charge in [0, 0.05) is 24.6 Å². The predicted molar refractivity (Wildman–Crippen MR) is 76.6 cm³/mol. The molecule has 18 heavy (non-hydrogen) atoms. The second-order valence-electron chi connectivity index (χ2n) is 5.58. The van der Waals surface area contributed by atoms with Gasteiger partial charge in [-0.05, 0) is 34.8 Å². The Kier molecular flexibility index (Phi) is 3.22. The van der Waals surface area contributed by atoms with Gasteiger partial charge >= 0.3 is 0 Å². The standard InChI is InChI=1S/C14H18BrFN2/c15-10-6-12-13(7-11(10)16)18-9-14(8-17-12)4-2-1-3-5-14/h6-7,17-18H,1-5,8-9H2. The molecule has 4 heteroatoms. The van der Waals surface area contributed by atoms with E-state index in [9.17, 15) is 4.39 Å². The van der Waals surface area contributed by atoms with E-state index in [4.69, 9.17) is 0 Å². The van der Waals surface area contributed by atoms with Gasteiger partial charge in [0.2, 0.25) is 0 Å². The Morgan fingerprint density at radius 2 is 1.61 bits per heavy atom. The normalized spacial score (nSPS) is 21.7. The van der Waals surface area contributed by atoms with Crippen LogP contribution >= 0.6 is 15.9 Å². The summed E-state index contributed by atoms with van der Waals surface area (Å²) in [5.74, 6) is -0.206. The lowest BCUT2D eigenvalue weighted by Gasteiger charge is -2.36. The fourth-order valence-electron chi connectivity index (χ4n) is 3.12. The highest BCUT2D eigenvalue weighted by Crippen LogP contribution is 2.40. The number of benzene rings is 1. The third kappa shape index (κ3) is 2.22. The number of fused-ring (bicyclic) bond motifs is 1. The molecule has 2 aliphatic rings. The molecule has 1 heterocycles. The van der Waals surface area contributed by atoms with E-state index in [0.29, 0.717) is 9.89 Å². The zero-order valence-electron chi connectivity index (χ0n) is 10.4. The fraction of sp³-hybridized carbons (Fsp3) is 0.571. The number of halogens is 2. The Balaban J connectivity index is 1.85. The van der Waals surface area contributed by atoms with E-state index in [1.54, 1.807) is 6.07 Å². The van der Waals surface area contributed by atoms with Crippen LogP contribution in [0.2, 0.25) is 0 Å². The van der Waals surface area contributed by atoms with Gasteiger partial charge in [-0.25, -0.2) is 4.39 Å². The molecule has 1 aromatic rings. The molecule has 1 aromatic carbocycles. The molecule has 2 N–H and O–H groups in total. The van der Waals surface area contributed by atoms with E-state index < -0.39 is 0 Å². The zero-order chi connectivity index (χ0) is 12.6. The Bertz CT molecular complexity index is 420. The molecule has 1 aliphatic heterocycles. The number of hydrogen-bond acceptors (Lipinski definition) is 2. The summed E-state index contributed by atoms with van der Waals surface area (Å²) < 4.78 is 14.1. The van der Waals surface area contributed by atoms with Gasteiger partial charge in [0.1, 0.15) is 5.82 Å². The average molecular weight is 313 g/mol. The van der Waals surface area contributed by atoms with Crippen LogP contribution in [0.1, 0.15) is 32.1 Å². The van der Waals surface area contributed by atoms with Gasteiger partial charge in [0.05, 0.1) is 15.8 Å². The molecule has 0 bridgehead atoms. The second kappa shape index (κ2) is 4.72. The summed E-state index contributed by atoms with van der Waals surface area (Å²) in [5.41, 5.74) is 2.24. The molecule has 0 amide bonds. The molecule has 2 nitrogen and oxygen atoms in total. The maximum absolute atomic E-state index is 13.6. The topological polar surface area (TPSA) is 24.1 Å². The van der Waals surface area contributed by atoms with Crippen molar-refractivity contribution in [3.63, 3.8) is 0 Å². The minimum atomic E-state index is -0.206. The van der Waals surface area contributed by atoms with E-state index >= 15 is 0 Å². The van der Waals surface area contributed by atoms with Gasteiger partial charge in [0.15, 0.2) is 0 Å². The quantitative estimate of drug-likeness (QED) is 0.743. The van der Waals surface area contributed by atoms with Crippen LogP contribution in [0, 0.1) is 11.2 Å². The number of nitrogens with one attached hydrogen (secondary N) is 2. The minimum Gasteiger partial charge on any atom is -0.383 e. The summed E-state index contributed by atoms with van der Waals surface area (Å²) in [6, 6.07) is 3.41. The largest absolute Gasteiger partial charge is 0.383 e. The smallest absolute Gasteiger partial charge is 0.139 e. The summed E-state index contributed by atoms with van der Waals surface area (Å²) >= 11 is 3.24. The third-order valence-electron chi connectivity index (χ3n) is 4.28. The summed E-state index contributed by atoms with van der Waals surface area (Å²) in [4.78, 5) is 0. The van der Waals surface area contributed by atoms with Gasteiger partial charge in [-0.3, -0.25) is 0 Å². The van der Waals surface area contributed by atoms with Crippen molar-refractivity contribution in [3.05, 3.63) is 22.4 Å². The molecule has 0 radical (unpaired) electrons. The molecule has 1 saturated carbocycles. The first-order chi connectivity index (χ1) is 8.69. The van der Waals surface area contributed by atoms with E-state index in [2.05, 4.69) is 26.6 Å². The van der Waals surface area contributed by atoms with Crippen LogP contribution in [-0.2, 0) is 0 Å². The van der Waals surface area contributed by atoms with Crippen LogP contribution < -0.4 is 10.6 Å². The monoisotopic (exact) mass is 312 g/mol. The zero-order valence-corrected chi connectivity index (χ0v) is 11.9. The lowest BCUT2D eigenvalue weighted by atomic mass is 9.74. The average Bonchev–Trinajstić information content (AvgIpc) is 2.54. The van der Waals surface area contributed by atoms with Crippen molar-refractivity contribution in [3.8, 4) is 0 Å². The van der Waals surface area contributed by atoms with Crippen molar-refractivity contribution in [1.29, 1.82) is 0 Å². The summed E-state index contributed by atoms with van der Waals surface area (Å²) in [6.07, 6.45) is 6.53. The number of rotatable bonds is 0. The summed E-state index contributed by atoms with van der Waals surface area (Å²) in [7, 11) is 0. The van der Waals surface area contributed by atoms with Crippen molar-refractivity contribution in [2.45, 2.75) is 32.1 Å². The molecule has 0 unspecified atom stereocenters. The van der Waals surface area contributed by atoms with Crippen molar-refractivity contribution in [1.82, 2.24) is 0 Å². The minimum absolute atomic E-state index is 0.206. The molecule has 0 aromatic heterocycles. The first kappa shape index (κ1) is 12.3. The van der Waals surface area contributed by atoms with Crippen LogP contribution in [0.4, 0.5) is 15.8 Å². The molecule has 0 atom stereocenters. The van der Waals surface area contributed by atoms with Gasteiger partial charge < -0.3 is 10.6 Å². The van der Waals surface area contributed by atoms with E-state index in [1.165, 1.54) is 32.1 Å². The van der Waals surface area contributed by atoms with Crippen molar-refractivity contribution in [2.75, 3.05) is 23.7 Å². The molecular weight excluding hydrogens is 295 g/mol. The maximum Gasteiger partial charge on any atom is 0.139 e. The summed E-state index contributed by atoms with van der Waals surface area (Å²) in [5, 5.41) is 6.92. The molecule has 3 rings (SSSR count). The van der Waals surface area contributed by atoms with Crippen LogP contribution in [-0.4, -0.2) is 13.1 Å². The first-order valence-corrected chi connectivity index (χ1v) is 7.45. The summed E-state index contributed by atoms with van der Waals surface area (Å²) in [6.45, 7) is 1.94. The fourth-order valence-corrected chi connectivity index (χ4v) is 3.47. The van der Waals surface area contributed by atoms with E-state index in [1.807, 2.05) is 6.07 Å². The molecule has 98 valence electrons. The Labute approximate surface area is 115 Å². The lowest BCUT2D eigenvalue weighted by Crippen LogP contribution is -2.36. The first-order valence-electron chi connectivity index (χ1n) is 6.65. The van der Waals surface area contributed by atoms with Crippen molar-refractivity contribution in [2.24, 2.45) is 5.41 Å². The highest BCUT2D eigenvalue weighted by Gasteiger charge is 2.33. The highest BCUT2D eigenvalue weighted by atomic mass is 79.9. The SMILES string of the molecule is Fc1cc2c(cc1Br)NCC1(CCCCC1)CN2. The lowest BCUT2D eigenvalue weighted by molar-refractivity contribution is 0.224. The van der Waals surface area contributed by atoms with Gasteiger partial charge in [-0.2, -0.15) is 0 Å². The van der Waals surface area contributed by atoms with E-state index in [0.717, 1.165) is 24.5 Å². The Morgan fingerprint density at radius 3 is 2.28 bits per heavy atom. The Hall–Kier alpha value is -0.770. The van der Waals surface area contributed by atoms with Crippen molar-refractivity contribution >= 4 is 27.3 Å². The van der Waals surface area contributed by atoms with Crippen LogP contribution in [0.5, 0.6) is 0 Å². The molecule has 1 spiro atoms. The van der Waals surface area contributed by atoms with Crippen LogP contribution in [0.3, 0.4) is 0 Å². The highest BCUT2D eigenvalue weighted by molar-refractivity contribution is 9.10. The number of hydrogen-bond donors (Lipinski definition) is 2. The van der Waals surface area contributed by atoms with Crippen LogP contribution in [0.25, 0.3) is 0 Å². The van der Waals surface area contributed by atoms with Crippen LogP contribution in [0.15, 0.2) is 16.6 Å². The number of anilines is 2. The predicted octanol–water partition coefficient (Wildman–Crippen LogP) is 4.38. The van der Waals surface area contributed by atoms with Gasteiger partial charge in [-0.15, -0.1) is 0 Å². The van der Waals surface area contributed by atoms with E-state index in [-0.39, 0.29) is 5.82 Å². The maximum atomic E-state index is 13.6. The second-order valence-corrected chi connectivity index (χ2v) is 6.43. The van der Waals surface area contributed by atoms with Crippen molar-refractivity contribution < 1.29 is 4.39 Å². The molecule has 1 fully saturated rings. The molecule has 0 saturated heterocycles. The molecular formula is C14H18BrFN2. The van der Waals surface area contributed by atoms with Gasteiger partial charge in [0.25, 0.3) is 0 Å². The molecule has 1 aliphatic carbocycles. The third-order valence-corrected chi connectivity index (χ3v) is 4.89.